The summed E-state index contributed by atoms with van der Waals surface area (Å²) < 4.78 is 25.8. The van der Waals surface area contributed by atoms with Crippen molar-refractivity contribution in [2.75, 3.05) is 25.0 Å². The van der Waals surface area contributed by atoms with Gasteiger partial charge in [0, 0.05) is 19.7 Å². The molecule has 0 bridgehead atoms. The molecule has 0 aliphatic rings. The van der Waals surface area contributed by atoms with Gasteiger partial charge in [-0.2, -0.15) is 0 Å². The molecule has 0 unspecified atom stereocenters. The molecule has 0 radical (unpaired) electrons. The molecule has 78 valence electrons. The van der Waals surface area contributed by atoms with Crippen molar-refractivity contribution in [2.45, 2.75) is 6.42 Å². The first-order chi connectivity index (χ1) is 6.65. The normalized spacial score (nSPS) is 10.3. The smallest absolute Gasteiger partial charge is 0.149 e. The number of rotatable bonds is 4. The van der Waals surface area contributed by atoms with Gasteiger partial charge in [0.25, 0.3) is 0 Å². The van der Waals surface area contributed by atoms with E-state index < -0.39 is 11.6 Å². The predicted octanol–water partition coefficient (Wildman–Crippen LogP) is 1.75. The molecule has 0 aromatic heterocycles. The Morgan fingerprint density at radius 3 is 2.64 bits per heavy atom. The van der Waals surface area contributed by atoms with Crippen molar-refractivity contribution >= 4 is 5.69 Å². The fourth-order valence-corrected chi connectivity index (χ4v) is 1.24. The Morgan fingerprint density at radius 1 is 1.36 bits per heavy atom. The second kappa shape index (κ2) is 4.91. The summed E-state index contributed by atoms with van der Waals surface area (Å²) in [6.07, 6.45) is 0.785. The number of nitrogens with two attached hydrogens (primary N) is 1. The fraction of sp³-hybridized carbons (Fsp3) is 0.400. The monoisotopic (exact) mass is 200 g/mol. The Hall–Kier alpha value is -1.16. The molecule has 0 spiro atoms. The lowest BCUT2D eigenvalue weighted by atomic mass is 10.2. The van der Waals surface area contributed by atoms with E-state index in [1.807, 2.05) is 0 Å². The van der Waals surface area contributed by atoms with Crippen molar-refractivity contribution in [3.05, 3.63) is 29.8 Å². The first-order valence-corrected chi connectivity index (χ1v) is 4.51. The first kappa shape index (κ1) is 10.9. The minimum absolute atomic E-state index is 0.403. The van der Waals surface area contributed by atoms with E-state index in [-0.39, 0.29) is 0 Å². The number of nitrogens with zero attached hydrogens (tertiary/aromatic N) is 1. The fourth-order valence-electron chi connectivity index (χ4n) is 1.24. The van der Waals surface area contributed by atoms with Crippen LogP contribution in [0, 0.1) is 11.6 Å². The van der Waals surface area contributed by atoms with Crippen LogP contribution in [0.15, 0.2) is 18.2 Å². The average Bonchev–Trinajstić information content (AvgIpc) is 2.14. The topological polar surface area (TPSA) is 29.3 Å². The van der Waals surface area contributed by atoms with Crippen LogP contribution in [0.4, 0.5) is 14.5 Å². The molecule has 0 saturated carbocycles. The Balaban J connectivity index is 2.74. The van der Waals surface area contributed by atoms with Crippen LogP contribution in [0.2, 0.25) is 0 Å². The maximum atomic E-state index is 13.2. The van der Waals surface area contributed by atoms with E-state index >= 15 is 0 Å². The molecule has 1 aromatic rings. The van der Waals surface area contributed by atoms with E-state index in [9.17, 15) is 8.78 Å². The highest BCUT2D eigenvalue weighted by Crippen LogP contribution is 2.18. The van der Waals surface area contributed by atoms with Crippen LogP contribution in [0.3, 0.4) is 0 Å². The quantitative estimate of drug-likeness (QED) is 0.802. The third-order valence-electron chi connectivity index (χ3n) is 2.02. The van der Waals surface area contributed by atoms with Crippen LogP contribution in [0.25, 0.3) is 0 Å². The second-order valence-electron chi connectivity index (χ2n) is 3.16. The van der Waals surface area contributed by atoms with Crippen LogP contribution < -0.4 is 10.6 Å². The van der Waals surface area contributed by atoms with Crippen molar-refractivity contribution in [1.29, 1.82) is 0 Å². The molecule has 0 aliphatic heterocycles. The van der Waals surface area contributed by atoms with Gasteiger partial charge in [-0.3, -0.25) is 0 Å². The highest BCUT2D eigenvalue weighted by Gasteiger charge is 2.07. The Bertz CT molecular complexity index is 302. The summed E-state index contributed by atoms with van der Waals surface area (Å²) in [5.74, 6) is -1.09. The van der Waals surface area contributed by atoms with Crippen molar-refractivity contribution in [2.24, 2.45) is 5.73 Å². The lowest BCUT2D eigenvalue weighted by Crippen LogP contribution is -2.22. The minimum atomic E-state index is -0.557. The van der Waals surface area contributed by atoms with Gasteiger partial charge in [0.2, 0.25) is 0 Å². The third kappa shape index (κ3) is 2.67. The van der Waals surface area contributed by atoms with Crippen LogP contribution in [-0.4, -0.2) is 20.1 Å². The van der Waals surface area contributed by atoms with Crippen LogP contribution in [0.5, 0.6) is 0 Å². The van der Waals surface area contributed by atoms with Crippen molar-refractivity contribution in [3.63, 3.8) is 0 Å². The van der Waals surface area contributed by atoms with Gasteiger partial charge in [0.15, 0.2) is 0 Å². The summed E-state index contributed by atoms with van der Waals surface area (Å²) in [5.41, 5.74) is 5.74. The van der Waals surface area contributed by atoms with Gasteiger partial charge in [0.1, 0.15) is 11.6 Å². The maximum Gasteiger partial charge on any atom is 0.149 e. The molecule has 0 amide bonds. The zero-order chi connectivity index (χ0) is 10.6. The SMILES string of the molecule is CN(CCCN)c1ccc(F)cc1F. The zero-order valence-electron chi connectivity index (χ0n) is 8.13. The number of hydrogen-bond donors (Lipinski definition) is 1. The molecule has 4 heteroatoms. The van der Waals surface area contributed by atoms with E-state index in [0.29, 0.717) is 18.8 Å². The van der Waals surface area contributed by atoms with Gasteiger partial charge >= 0.3 is 0 Å². The van der Waals surface area contributed by atoms with Crippen molar-refractivity contribution < 1.29 is 8.78 Å². The molecular weight excluding hydrogens is 186 g/mol. The summed E-state index contributed by atoms with van der Waals surface area (Å²) in [6, 6.07) is 3.56. The van der Waals surface area contributed by atoms with Crippen molar-refractivity contribution in [3.8, 4) is 0 Å². The van der Waals surface area contributed by atoms with Crippen LogP contribution >= 0.6 is 0 Å². The molecule has 2 N–H and O–H groups in total. The highest BCUT2D eigenvalue weighted by molar-refractivity contribution is 5.46. The highest BCUT2D eigenvalue weighted by atomic mass is 19.1. The van der Waals surface area contributed by atoms with Gasteiger partial charge < -0.3 is 10.6 Å². The molecular formula is C10H14F2N2. The van der Waals surface area contributed by atoms with Gasteiger partial charge in [-0.1, -0.05) is 0 Å². The summed E-state index contributed by atoms with van der Waals surface area (Å²) >= 11 is 0. The van der Waals surface area contributed by atoms with Crippen molar-refractivity contribution in [1.82, 2.24) is 0 Å². The zero-order valence-corrected chi connectivity index (χ0v) is 8.13. The summed E-state index contributed by atoms with van der Waals surface area (Å²) in [6.45, 7) is 1.23. The summed E-state index contributed by atoms with van der Waals surface area (Å²) in [4.78, 5) is 1.72. The number of benzene rings is 1. The van der Waals surface area contributed by atoms with E-state index in [2.05, 4.69) is 0 Å². The van der Waals surface area contributed by atoms with Crippen LogP contribution in [0.1, 0.15) is 6.42 Å². The molecule has 2 nitrogen and oxygen atoms in total. The maximum absolute atomic E-state index is 13.2. The largest absolute Gasteiger partial charge is 0.372 e. The van der Waals surface area contributed by atoms with E-state index in [1.165, 1.54) is 12.1 Å². The Kier molecular flexibility index (Phi) is 3.83. The lowest BCUT2D eigenvalue weighted by molar-refractivity contribution is 0.580. The molecule has 0 aliphatic carbocycles. The average molecular weight is 200 g/mol. The van der Waals surface area contributed by atoms with Crippen LogP contribution in [-0.2, 0) is 0 Å². The lowest BCUT2D eigenvalue weighted by Gasteiger charge is -2.19. The molecule has 1 rings (SSSR count). The standard InChI is InChI=1S/C10H14F2N2/c1-14(6-2-5-13)10-4-3-8(11)7-9(10)12/h3-4,7H,2,5-6,13H2,1H3. The third-order valence-corrected chi connectivity index (χ3v) is 2.02. The summed E-state index contributed by atoms with van der Waals surface area (Å²) in [7, 11) is 1.76. The van der Waals surface area contributed by atoms with Gasteiger partial charge in [-0.05, 0) is 25.1 Å². The molecule has 14 heavy (non-hydrogen) atoms. The van der Waals surface area contributed by atoms with E-state index in [1.54, 1.807) is 11.9 Å². The molecule has 0 fully saturated rings. The summed E-state index contributed by atoms with van der Waals surface area (Å²) in [5, 5.41) is 0. The van der Waals surface area contributed by atoms with E-state index in [0.717, 1.165) is 12.5 Å². The van der Waals surface area contributed by atoms with Gasteiger partial charge in [-0.25, -0.2) is 8.78 Å². The number of halogens is 2. The van der Waals surface area contributed by atoms with E-state index in [4.69, 9.17) is 5.73 Å². The second-order valence-corrected chi connectivity index (χ2v) is 3.16. The first-order valence-electron chi connectivity index (χ1n) is 4.51. The molecule has 0 atom stereocenters. The minimum Gasteiger partial charge on any atom is -0.372 e. The molecule has 0 saturated heterocycles. The molecule has 1 aromatic carbocycles. The van der Waals surface area contributed by atoms with Gasteiger partial charge in [0.05, 0.1) is 5.69 Å². The Labute approximate surface area is 82.3 Å². The number of hydrogen-bond acceptors (Lipinski definition) is 2. The number of anilines is 1. The predicted molar refractivity (Wildman–Crippen MR) is 53.3 cm³/mol. The van der Waals surface area contributed by atoms with Gasteiger partial charge in [-0.15, -0.1) is 0 Å². The molecule has 0 heterocycles. The Morgan fingerprint density at radius 2 is 2.07 bits per heavy atom.